The van der Waals surface area contributed by atoms with Gasteiger partial charge in [-0.25, -0.2) is 0 Å². The van der Waals surface area contributed by atoms with Crippen LogP contribution in [0.25, 0.3) is 6.08 Å². The van der Waals surface area contributed by atoms with Gasteiger partial charge >= 0.3 is 5.97 Å². The van der Waals surface area contributed by atoms with Crippen molar-refractivity contribution >= 4 is 58.2 Å². The predicted octanol–water partition coefficient (Wildman–Crippen LogP) is 4.08. The molecule has 1 aromatic carbocycles. The fourth-order valence-corrected chi connectivity index (χ4v) is 3.30. The molecule has 0 spiro atoms. The molecular formula is C16H15Cl2NO5S. The number of aromatic hydroxyl groups is 1. The van der Waals surface area contributed by atoms with E-state index in [2.05, 4.69) is 0 Å². The fraction of sp³-hybridized carbons (Fsp3) is 0.312. The standard InChI is InChI=1S/C16H15Cl2NO5S/c1-2-3-4-24-13(20)8-19-15(22)12(25-16(19)23)7-9-5-10(17)14(21)11(18)6-9/h5-7,21H,2-4,8H2,1H3/b12-7-. The maximum absolute atomic E-state index is 12.3. The van der Waals surface area contributed by atoms with Gasteiger partial charge in [0.05, 0.1) is 21.6 Å². The van der Waals surface area contributed by atoms with Crippen molar-refractivity contribution in [2.24, 2.45) is 0 Å². The Bertz CT molecular complexity index is 727. The van der Waals surface area contributed by atoms with Crippen LogP contribution in [0.3, 0.4) is 0 Å². The van der Waals surface area contributed by atoms with E-state index in [1.165, 1.54) is 18.2 Å². The molecule has 1 N–H and O–H groups in total. The molecule has 1 saturated heterocycles. The van der Waals surface area contributed by atoms with Gasteiger partial charge in [0.25, 0.3) is 11.1 Å². The minimum atomic E-state index is -0.632. The van der Waals surface area contributed by atoms with Gasteiger partial charge in [-0.2, -0.15) is 0 Å². The van der Waals surface area contributed by atoms with E-state index < -0.39 is 23.7 Å². The number of carbonyl (C=O) groups excluding carboxylic acids is 3. The molecule has 2 amide bonds. The molecule has 1 aliphatic heterocycles. The zero-order valence-corrected chi connectivity index (χ0v) is 15.6. The molecule has 6 nitrogen and oxygen atoms in total. The molecule has 0 aromatic heterocycles. The van der Waals surface area contributed by atoms with Crippen LogP contribution in [0.1, 0.15) is 25.3 Å². The molecule has 1 fully saturated rings. The summed E-state index contributed by atoms with van der Waals surface area (Å²) in [5.41, 5.74) is 0.448. The lowest BCUT2D eigenvalue weighted by Gasteiger charge is -2.11. The van der Waals surface area contributed by atoms with Crippen LogP contribution in [0, 0.1) is 0 Å². The third kappa shape index (κ3) is 4.90. The number of carbonyl (C=O) groups is 3. The van der Waals surface area contributed by atoms with Gasteiger partial charge in [0, 0.05) is 0 Å². The Balaban J connectivity index is 2.11. The first-order chi connectivity index (χ1) is 11.8. The molecule has 0 bridgehead atoms. The number of esters is 1. The van der Waals surface area contributed by atoms with Gasteiger partial charge in [-0.3, -0.25) is 19.3 Å². The normalized spacial score (nSPS) is 16.0. The zero-order valence-electron chi connectivity index (χ0n) is 13.3. The SMILES string of the molecule is CCCCOC(=O)CN1C(=O)S/C(=C\c2cc(Cl)c(O)c(Cl)c2)C1=O. The molecule has 1 aliphatic rings. The van der Waals surface area contributed by atoms with Crippen LogP contribution in [0.2, 0.25) is 10.0 Å². The first kappa shape index (κ1) is 19.6. The zero-order chi connectivity index (χ0) is 18.6. The van der Waals surface area contributed by atoms with E-state index in [0.717, 1.165) is 17.7 Å². The van der Waals surface area contributed by atoms with E-state index in [1.54, 1.807) is 0 Å². The van der Waals surface area contributed by atoms with Gasteiger partial charge in [0.2, 0.25) is 0 Å². The summed E-state index contributed by atoms with van der Waals surface area (Å²) in [4.78, 5) is 36.9. The Morgan fingerprint density at radius 2 is 1.96 bits per heavy atom. The molecule has 25 heavy (non-hydrogen) atoms. The largest absolute Gasteiger partial charge is 0.505 e. The van der Waals surface area contributed by atoms with E-state index >= 15 is 0 Å². The number of nitrogens with zero attached hydrogens (tertiary/aromatic N) is 1. The molecule has 2 rings (SSSR count). The summed E-state index contributed by atoms with van der Waals surface area (Å²) >= 11 is 12.4. The lowest BCUT2D eigenvalue weighted by atomic mass is 10.2. The number of benzene rings is 1. The van der Waals surface area contributed by atoms with E-state index in [-0.39, 0.29) is 27.3 Å². The maximum Gasteiger partial charge on any atom is 0.326 e. The van der Waals surface area contributed by atoms with Gasteiger partial charge in [0.1, 0.15) is 6.54 Å². The number of halogens is 2. The maximum atomic E-state index is 12.3. The summed E-state index contributed by atoms with van der Waals surface area (Å²) in [5, 5.41) is 9.04. The average molecular weight is 404 g/mol. The van der Waals surface area contributed by atoms with Crippen LogP contribution in [0.5, 0.6) is 5.75 Å². The second-order valence-corrected chi connectivity index (χ2v) is 6.98. The number of thioether (sulfide) groups is 1. The van der Waals surface area contributed by atoms with E-state index in [1.807, 2.05) is 6.92 Å². The van der Waals surface area contributed by atoms with Crippen molar-refractivity contribution in [3.63, 3.8) is 0 Å². The van der Waals surface area contributed by atoms with Gasteiger partial charge in [-0.1, -0.05) is 36.5 Å². The highest BCUT2D eigenvalue weighted by molar-refractivity contribution is 8.18. The van der Waals surface area contributed by atoms with Crippen LogP contribution >= 0.6 is 35.0 Å². The summed E-state index contributed by atoms with van der Waals surface area (Å²) in [6.45, 7) is 1.78. The number of amides is 2. The minimum absolute atomic E-state index is 0.0254. The molecular weight excluding hydrogens is 389 g/mol. The van der Waals surface area contributed by atoms with Crippen LogP contribution in [0.15, 0.2) is 17.0 Å². The number of phenolic OH excluding ortho intramolecular Hbond substituents is 1. The van der Waals surface area contributed by atoms with Crippen molar-refractivity contribution < 1.29 is 24.2 Å². The van der Waals surface area contributed by atoms with Crippen LogP contribution in [0.4, 0.5) is 4.79 Å². The Hall–Kier alpha value is -1.70. The highest BCUT2D eigenvalue weighted by Gasteiger charge is 2.36. The molecule has 1 heterocycles. The lowest BCUT2D eigenvalue weighted by molar-refractivity contribution is -0.146. The van der Waals surface area contributed by atoms with Gasteiger partial charge in [-0.15, -0.1) is 0 Å². The molecule has 1 aromatic rings. The first-order valence-electron chi connectivity index (χ1n) is 7.42. The lowest BCUT2D eigenvalue weighted by Crippen LogP contribution is -2.34. The quantitative estimate of drug-likeness (QED) is 0.437. The highest BCUT2D eigenvalue weighted by Crippen LogP contribution is 2.36. The monoisotopic (exact) mass is 403 g/mol. The predicted molar refractivity (Wildman–Crippen MR) is 96.7 cm³/mol. The smallest absolute Gasteiger partial charge is 0.326 e. The number of phenols is 1. The Kier molecular flexibility index (Phi) is 6.75. The van der Waals surface area contributed by atoms with Crippen LogP contribution < -0.4 is 0 Å². The molecule has 0 saturated carbocycles. The minimum Gasteiger partial charge on any atom is -0.505 e. The number of hydrogen-bond acceptors (Lipinski definition) is 6. The van der Waals surface area contributed by atoms with Crippen molar-refractivity contribution in [2.75, 3.05) is 13.2 Å². The van der Waals surface area contributed by atoms with Gasteiger partial charge in [-0.05, 0) is 42.0 Å². The molecule has 9 heteroatoms. The Morgan fingerprint density at radius 3 is 2.56 bits per heavy atom. The van der Waals surface area contributed by atoms with Crippen LogP contribution in [-0.2, 0) is 14.3 Å². The van der Waals surface area contributed by atoms with Gasteiger partial charge < -0.3 is 9.84 Å². The van der Waals surface area contributed by atoms with E-state index in [9.17, 15) is 19.5 Å². The summed E-state index contributed by atoms with van der Waals surface area (Å²) in [5.74, 6) is -1.49. The van der Waals surface area contributed by atoms with E-state index in [0.29, 0.717) is 17.3 Å². The third-order valence-corrected chi connectivity index (χ3v) is 4.74. The topological polar surface area (TPSA) is 83.9 Å². The van der Waals surface area contributed by atoms with E-state index in [4.69, 9.17) is 27.9 Å². The molecule has 0 unspecified atom stereocenters. The number of imide groups is 1. The molecule has 134 valence electrons. The first-order valence-corrected chi connectivity index (χ1v) is 8.99. The third-order valence-electron chi connectivity index (χ3n) is 3.26. The molecule has 0 radical (unpaired) electrons. The summed E-state index contributed by atoms with van der Waals surface area (Å²) in [6.07, 6.45) is 3.01. The van der Waals surface area contributed by atoms with Crippen molar-refractivity contribution in [2.45, 2.75) is 19.8 Å². The van der Waals surface area contributed by atoms with Crippen molar-refractivity contribution in [1.82, 2.24) is 4.90 Å². The summed E-state index contributed by atoms with van der Waals surface area (Å²) in [6, 6.07) is 2.82. The number of ether oxygens (including phenoxy) is 1. The second-order valence-electron chi connectivity index (χ2n) is 5.18. The number of unbranched alkanes of at least 4 members (excludes halogenated alkanes) is 1. The Morgan fingerprint density at radius 1 is 1.32 bits per heavy atom. The van der Waals surface area contributed by atoms with Crippen molar-refractivity contribution in [3.05, 3.63) is 32.6 Å². The van der Waals surface area contributed by atoms with Crippen LogP contribution in [-0.4, -0.2) is 40.3 Å². The number of rotatable bonds is 6. The second kappa shape index (κ2) is 8.60. The molecule has 0 atom stereocenters. The Labute approximate surface area is 158 Å². The van der Waals surface area contributed by atoms with Gasteiger partial charge in [0.15, 0.2) is 5.75 Å². The highest BCUT2D eigenvalue weighted by atomic mass is 35.5. The fourth-order valence-electron chi connectivity index (χ4n) is 1.96. The molecule has 0 aliphatic carbocycles. The van der Waals surface area contributed by atoms with Crippen molar-refractivity contribution in [3.8, 4) is 5.75 Å². The summed E-state index contributed by atoms with van der Waals surface area (Å²) < 4.78 is 4.96. The average Bonchev–Trinajstić information content (AvgIpc) is 2.80. The van der Waals surface area contributed by atoms with Crippen molar-refractivity contribution in [1.29, 1.82) is 0 Å². The number of hydrogen-bond donors (Lipinski definition) is 1. The summed E-state index contributed by atoms with van der Waals surface area (Å²) in [7, 11) is 0.